The fourth-order valence-electron chi connectivity index (χ4n) is 1.81. The Bertz CT molecular complexity index is 542. The van der Waals surface area contributed by atoms with E-state index in [2.05, 4.69) is 47.4 Å². The summed E-state index contributed by atoms with van der Waals surface area (Å²) in [4.78, 5) is 7.55. The number of nitriles is 1. The number of pyridine rings is 1. The molecule has 4 heteroatoms. The van der Waals surface area contributed by atoms with Crippen LogP contribution in [-0.2, 0) is 6.42 Å². The first kappa shape index (κ1) is 12.6. The molecule has 0 N–H and O–H groups in total. The van der Waals surface area contributed by atoms with Crippen LogP contribution >= 0.6 is 11.3 Å². The monoisotopic (exact) mass is 257 g/mol. The van der Waals surface area contributed by atoms with E-state index in [1.54, 1.807) is 17.5 Å². The summed E-state index contributed by atoms with van der Waals surface area (Å²) in [5.41, 5.74) is 1.49. The van der Waals surface area contributed by atoms with Crippen LogP contribution in [0.1, 0.15) is 17.5 Å². The standard InChI is InChI=1S/C14H15N3S/c1-11(8-14-4-3-7-18-14)17(2)13-5-6-16-12(9-13)10-15/h3-7,9,11H,8H2,1-2H3. The van der Waals surface area contributed by atoms with Crippen LogP contribution in [0.4, 0.5) is 5.69 Å². The molecule has 1 unspecified atom stereocenters. The molecule has 0 spiro atoms. The third-order valence-corrected chi connectivity index (χ3v) is 3.90. The second-order valence-corrected chi connectivity index (χ2v) is 5.29. The van der Waals surface area contributed by atoms with Gasteiger partial charge in [0.05, 0.1) is 0 Å². The number of hydrogen-bond acceptors (Lipinski definition) is 4. The number of hydrogen-bond donors (Lipinski definition) is 0. The minimum Gasteiger partial charge on any atom is -0.371 e. The van der Waals surface area contributed by atoms with Crippen LogP contribution in [0, 0.1) is 11.3 Å². The molecule has 0 fully saturated rings. The molecule has 3 nitrogen and oxygen atoms in total. The predicted octanol–water partition coefficient (Wildman–Crippen LogP) is 3.08. The molecule has 2 heterocycles. The minimum atomic E-state index is 0.387. The van der Waals surface area contributed by atoms with Crippen LogP contribution in [0.2, 0.25) is 0 Å². The predicted molar refractivity (Wildman–Crippen MR) is 74.8 cm³/mol. The van der Waals surface area contributed by atoms with Crippen LogP contribution in [0.3, 0.4) is 0 Å². The van der Waals surface area contributed by atoms with Crippen molar-refractivity contribution in [1.82, 2.24) is 4.98 Å². The Morgan fingerprint density at radius 3 is 3.00 bits per heavy atom. The van der Waals surface area contributed by atoms with E-state index in [0.717, 1.165) is 12.1 Å². The Balaban J connectivity index is 2.10. The summed E-state index contributed by atoms with van der Waals surface area (Å²) in [5.74, 6) is 0. The molecule has 0 amide bonds. The van der Waals surface area contributed by atoms with Crippen molar-refractivity contribution in [2.24, 2.45) is 0 Å². The smallest absolute Gasteiger partial charge is 0.142 e. The molecule has 0 radical (unpaired) electrons. The second kappa shape index (κ2) is 5.65. The van der Waals surface area contributed by atoms with Crippen LogP contribution in [0.5, 0.6) is 0 Å². The molecule has 92 valence electrons. The van der Waals surface area contributed by atoms with Crippen LogP contribution in [-0.4, -0.2) is 18.1 Å². The SMILES string of the molecule is CC(Cc1cccs1)N(C)c1ccnc(C#N)c1. The van der Waals surface area contributed by atoms with Crippen molar-refractivity contribution >= 4 is 17.0 Å². The fourth-order valence-corrected chi connectivity index (χ4v) is 2.64. The minimum absolute atomic E-state index is 0.387. The van der Waals surface area contributed by atoms with Crippen molar-refractivity contribution in [1.29, 1.82) is 5.26 Å². The van der Waals surface area contributed by atoms with Crippen molar-refractivity contribution in [2.75, 3.05) is 11.9 Å². The summed E-state index contributed by atoms with van der Waals surface area (Å²) in [6.45, 7) is 2.19. The summed E-state index contributed by atoms with van der Waals surface area (Å²) in [6, 6.07) is 10.4. The molecule has 0 aliphatic carbocycles. The van der Waals surface area contributed by atoms with Crippen molar-refractivity contribution in [3.05, 3.63) is 46.4 Å². The quantitative estimate of drug-likeness (QED) is 0.845. The lowest BCUT2D eigenvalue weighted by Crippen LogP contribution is -2.30. The van der Waals surface area contributed by atoms with Crippen LogP contribution in [0.15, 0.2) is 35.8 Å². The summed E-state index contributed by atoms with van der Waals surface area (Å²) >= 11 is 1.78. The van der Waals surface area contributed by atoms with E-state index in [1.807, 2.05) is 12.1 Å². The van der Waals surface area contributed by atoms with E-state index in [-0.39, 0.29) is 0 Å². The number of nitrogens with zero attached hydrogens (tertiary/aromatic N) is 3. The Morgan fingerprint density at radius 1 is 1.50 bits per heavy atom. The highest BCUT2D eigenvalue weighted by Gasteiger charge is 2.12. The molecular weight excluding hydrogens is 242 g/mol. The molecule has 0 aromatic carbocycles. The zero-order valence-corrected chi connectivity index (χ0v) is 11.3. The van der Waals surface area contributed by atoms with Gasteiger partial charge in [-0.3, -0.25) is 0 Å². The Hall–Kier alpha value is -1.86. The van der Waals surface area contributed by atoms with Gasteiger partial charge in [0.1, 0.15) is 11.8 Å². The Kier molecular flexibility index (Phi) is 3.96. The first-order valence-corrected chi connectivity index (χ1v) is 6.70. The summed E-state index contributed by atoms with van der Waals surface area (Å²) in [5, 5.41) is 11.0. The van der Waals surface area contributed by atoms with Gasteiger partial charge in [0.25, 0.3) is 0 Å². The van der Waals surface area contributed by atoms with Crippen molar-refractivity contribution < 1.29 is 0 Å². The van der Waals surface area contributed by atoms with E-state index in [9.17, 15) is 0 Å². The molecule has 2 aromatic rings. The number of thiophene rings is 1. The van der Waals surface area contributed by atoms with Crippen molar-refractivity contribution in [2.45, 2.75) is 19.4 Å². The number of rotatable bonds is 4. The van der Waals surface area contributed by atoms with Crippen molar-refractivity contribution in [3.8, 4) is 6.07 Å². The lowest BCUT2D eigenvalue weighted by molar-refractivity contribution is 0.688. The topological polar surface area (TPSA) is 39.9 Å². The van der Waals surface area contributed by atoms with Gasteiger partial charge in [0, 0.05) is 36.3 Å². The van der Waals surface area contributed by atoms with Crippen LogP contribution in [0.25, 0.3) is 0 Å². The summed E-state index contributed by atoms with van der Waals surface area (Å²) in [6.07, 6.45) is 2.70. The maximum Gasteiger partial charge on any atom is 0.142 e. The van der Waals surface area contributed by atoms with Gasteiger partial charge in [0.2, 0.25) is 0 Å². The van der Waals surface area contributed by atoms with Gasteiger partial charge >= 0.3 is 0 Å². The first-order chi connectivity index (χ1) is 8.70. The maximum atomic E-state index is 8.86. The molecule has 1 atom stereocenters. The van der Waals surface area contributed by atoms with Gasteiger partial charge in [0.15, 0.2) is 0 Å². The average Bonchev–Trinajstić information content (AvgIpc) is 2.90. The molecule has 2 rings (SSSR count). The highest BCUT2D eigenvalue weighted by atomic mass is 32.1. The third kappa shape index (κ3) is 2.88. The number of anilines is 1. The molecule has 0 aliphatic heterocycles. The summed E-state index contributed by atoms with van der Waals surface area (Å²) in [7, 11) is 2.05. The van der Waals surface area contributed by atoms with E-state index >= 15 is 0 Å². The van der Waals surface area contributed by atoms with E-state index in [4.69, 9.17) is 5.26 Å². The van der Waals surface area contributed by atoms with Gasteiger partial charge in [-0.2, -0.15) is 5.26 Å². The maximum absolute atomic E-state index is 8.86. The van der Waals surface area contributed by atoms with E-state index in [1.165, 1.54) is 4.88 Å². The number of likely N-dealkylation sites (N-methyl/N-ethyl adjacent to an activating group) is 1. The molecule has 0 aliphatic rings. The zero-order chi connectivity index (χ0) is 13.0. The molecule has 18 heavy (non-hydrogen) atoms. The van der Waals surface area contributed by atoms with Crippen molar-refractivity contribution in [3.63, 3.8) is 0 Å². The highest BCUT2D eigenvalue weighted by Crippen LogP contribution is 2.19. The van der Waals surface area contributed by atoms with E-state index < -0.39 is 0 Å². The molecule has 0 saturated carbocycles. The summed E-state index contributed by atoms with van der Waals surface area (Å²) < 4.78 is 0. The number of aromatic nitrogens is 1. The first-order valence-electron chi connectivity index (χ1n) is 5.82. The highest BCUT2D eigenvalue weighted by molar-refractivity contribution is 7.09. The molecule has 2 aromatic heterocycles. The zero-order valence-electron chi connectivity index (χ0n) is 10.5. The second-order valence-electron chi connectivity index (χ2n) is 4.25. The fraction of sp³-hybridized carbons (Fsp3) is 0.286. The average molecular weight is 257 g/mol. The van der Waals surface area contributed by atoms with E-state index in [0.29, 0.717) is 11.7 Å². The van der Waals surface area contributed by atoms with Gasteiger partial charge in [-0.05, 0) is 30.5 Å². The van der Waals surface area contributed by atoms with Gasteiger partial charge < -0.3 is 4.90 Å². The van der Waals surface area contributed by atoms with Gasteiger partial charge in [-0.25, -0.2) is 4.98 Å². The molecule has 0 bridgehead atoms. The molecule has 0 saturated heterocycles. The lowest BCUT2D eigenvalue weighted by atomic mass is 10.1. The van der Waals surface area contributed by atoms with Crippen LogP contribution < -0.4 is 4.90 Å². The van der Waals surface area contributed by atoms with Gasteiger partial charge in [-0.1, -0.05) is 6.07 Å². The largest absolute Gasteiger partial charge is 0.371 e. The third-order valence-electron chi connectivity index (χ3n) is 3.00. The Morgan fingerprint density at radius 2 is 2.33 bits per heavy atom. The Labute approximate surface area is 111 Å². The molecular formula is C14H15N3S. The lowest BCUT2D eigenvalue weighted by Gasteiger charge is -2.26. The van der Waals surface area contributed by atoms with Gasteiger partial charge in [-0.15, -0.1) is 11.3 Å². The normalized spacial score (nSPS) is 11.8.